The summed E-state index contributed by atoms with van der Waals surface area (Å²) in [6.45, 7) is 0.557. The highest BCUT2D eigenvalue weighted by molar-refractivity contribution is 6.32. The molecule has 10 heteroatoms. The maximum absolute atomic E-state index is 14.7. The molecule has 0 spiro atoms. The zero-order valence-electron chi connectivity index (χ0n) is 18.5. The van der Waals surface area contributed by atoms with Crippen LogP contribution in [0.3, 0.4) is 0 Å². The van der Waals surface area contributed by atoms with E-state index in [-0.39, 0.29) is 29.4 Å². The van der Waals surface area contributed by atoms with E-state index in [4.69, 9.17) is 26.8 Å². The number of nitrogens with one attached hydrogen (secondary N) is 1. The van der Waals surface area contributed by atoms with Crippen LogP contribution in [0.1, 0.15) is 31.2 Å². The number of hydrogen-bond donors (Lipinski definition) is 2. The average molecular weight is 486 g/mol. The Balaban J connectivity index is 1.26. The first-order chi connectivity index (χ1) is 16.4. The van der Waals surface area contributed by atoms with Gasteiger partial charge in [0.15, 0.2) is 5.67 Å². The Morgan fingerprint density at radius 3 is 2.62 bits per heavy atom. The number of nitrogens with two attached hydrogens (primary N) is 1. The summed E-state index contributed by atoms with van der Waals surface area (Å²) < 4.78 is 26.9. The highest BCUT2D eigenvalue weighted by atomic mass is 35.5. The molecule has 8 nitrogen and oxygen atoms in total. The van der Waals surface area contributed by atoms with Gasteiger partial charge in [0.25, 0.3) is 5.56 Å². The van der Waals surface area contributed by atoms with Crippen molar-refractivity contribution >= 4 is 17.3 Å². The predicted molar refractivity (Wildman–Crippen MR) is 127 cm³/mol. The van der Waals surface area contributed by atoms with Crippen molar-refractivity contribution in [2.45, 2.75) is 36.9 Å². The Hall–Kier alpha value is -3.01. The fourth-order valence-electron chi connectivity index (χ4n) is 3.91. The van der Waals surface area contributed by atoms with E-state index in [1.807, 2.05) is 24.3 Å². The monoisotopic (exact) mass is 485 g/mol. The Bertz CT molecular complexity index is 1220. The zero-order chi connectivity index (χ0) is 23.8. The van der Waals surface area contributed by atoms with Crippen LogP contribution in [0.4, 0.5) is 10.1 Å². The van der Waals surface area contributed by atoms with E-state index in [0.29, 0.717) is 36.8 Å². The van der Waals surface area contributed by atoms with Crippen LogP contribution in [0, 0.1) is 0 Å². The van der Waals surface area contributed by atoms with Crippen LogP contribution >= 0.6 is 11.6 Å². The quantitative estimate of drug-likeness (QED) is 0.522. The van der Waals surface area contributed by atoms with Crippen LogP contribution < -0.4 is 21.3 Å². The lowest BCUT2D eigenvalue weighted by Crippen LogP contribution is -2.40. The summed E-state index contributed by atoms with van der Waals surface area (Å²) in [5.74, 6) is 1.00. The molecule has 34 heavy (non-hydrogen) atoms. The van der Waals surface area contributed by atoms with Crippen LogP contribution in [0.5, 0.6) is 11.6 Å². The molecule has 3 aromatic rings. The second kappa shape index (κ2) is 8.98. The van der Waals surface area contributed by atoms with Crippen molar-refractivity contribution in [3.05, 3.63) is 69.7 Å². The van der Waals surface area contributed by atoms with Gasteiger partial charge in [0, 0.05) is 18.2 Å². The van der Waals surface area contributed by atoms with Gasteiger partial charge in [-0.2, -0.15) is 9.78 Å². The molecule has 178 valence electrons. The molecule has 1 saturated carbocycles. The van der Waals surface area contributed by atoms with Crippen LogP contribution in [0.25, 0.3) is 5.69 Å². The molecule has 0 amide bonds. The highest BCUT2D eigenvalue weighted by Crippen LogP contribution is 2.43. The minimum atomic E-state index is -1.50. The van der Waals surface area contributed by atoms with E-state index in [9.17, 15) is 9.18 Å². The topological polar surface area (TPSA) is 104 Å². The van der Waals surface area contributed by atoms with Gasteiger partial charge in [-0.05, 0) is 49.4 Å². The van der Waals surface area contributed by atoms with Crippen molar-refractivity contribution in [3.8, 4) is 17.3 Å². The van der Waals surface area contributed by atoms with Gasteiger partial charge in [-0.1, -0.05) is 23.7 Å². The van der Waals surface area contributed by atoms with Crippen LogP contribution in [0.2, 0.25) is 5.02 Å². The number of anilines is 1. The number of halogens is 2. The Morgan fingerprint density at radius 1 is 1.18 bits per heavy atom. The van der Waals surface area contributed by atoms with Crippen molar-refractivity contribution in [1.82, 2.24) is 14.8 Å². The lowest BCUT2D eigenvalue weighted by Gasteiger charge is -2.29. The Kier molecular flexibility index (Phi) is 6.01. The van der Waals surface area contributed by atoms with Crippen molar-refractivity contribution in [1.29, 1.82) is 0 Å². The number of ether oxygens (including phenoxy) is 2. The van der Waals surface area contributed by atoms with E-state index in [0.717, 1.165) is 23.1 Å². The molecule has 3 N–H and O–H groups in total. The summed E-state index contributed by atoms with van der Waals surface area (Å²) >= 11 is 6.26. The molecule has 1 aromatic carbocycles. The molecule has 2 aliphatic rings. The normalized spacial score (nSPS) is 21.1. The molecular formula is C24H25ClFN5O3. The van der Waals surface area contributed by atoms with Crippen LogP contribution in [-0.4, -0.2) is 40.2 Å². The van der Waals surface area contributed by atoms with Crippen molar-refractivity contribution in [2.75, 3.05) is 25.1 Å². The van der Waals surface area contributed by atoms with Gasteiger partial charge in [0.2, 0.25) is 5.88 Å². The molecule has 0 radical (unpaired) electrons. The van der Waals surface area contributed by atoms with E-state index >= 15 is 0 Å². The van der Waals surface area contributed by atoms with Gasteiger partial charge in [-0.15, -0.1) is 0 Å². The van der Waals surface area contributed by atoms with Crippen LogP contribution in [-0.2, 0) is 10.3 Å². The largest absolute Gasteiger partial charge is 0.439 e. The summed E-state index contributed by atoms with van der Waals surface area (Å²) in [6, 6.07) is 10.9. The number of benzene rings is 1. The van der Waals surface area contributed by atoms with Crippen molar-refractivity contribution in [2.24, 2.45) is 5.73 Å². The fraction of sp³-hybridized carbons (Fsp3) is 0.375. The van der Waals surface area contributed by atoms with E-state index < -0.39 is 11.2 Å². The first-order valence-electron chi connectivity index (χ1n) is 11.2. The number of alkyl halides is 1. The van der Waals surface area contributed by atoms with Gasteiger partial charge in [0.1, 0.15) is 10.8 Å². The SMILES string of the molecule is NC1(c2ccc(Oc3ccc(-n4ncc(NCC5(F)CCCOC5)c(Cl)c4=O)cn3)cc2)CC1. The van der Waals surface area contributed by atoms with Gasteiger partial charge in [0.05, 0.1) is 36.9 Å². The Morgan fingerprint density at radius 2 is 1.97 bits per heavy atom. The Labute approximate surface area is 200 Å². The molecule has 1 aliphatic carbocycles. The van der Waals surface area contributed by atoms with Gasteiger partial charge in [-0.3, -0.25) is 4.79 Å². The molecule has 0 bridgehead atoms. The first-order valence-corrected chi connectivity index (χ1v) is 11.6. The van der Waals surface area contributed by atoms with Crippen molar-refractivity contribution in [3.63, 3.8) is 0 Å². The van der Waals surface area contributed by atoms with E-state index in [1.165, 1.54) is 12.4 Å². The molecule has 2 fully saturated rings. The van der Waals surface area contributed by atoms with Gasteiger partial charge < -0.3 is 20.5 Å². The minimum absolute atomic E-state index is 0.0140. The zero-order valence-corrected chi connectivity index (χ0v) is 19.2. The van der Waals surface area contributed by atoms with Gasteiger partial charge >= 0.3 is 0 Å². The van der Waals surface area contributed by atoms with Gasteiger partial charge in [-0.25, -0.2) is 9.37 Å². The lowest BCUT2D eigenvalue weighted by atomic mass is 9.99. The molecule has 1 unspecified atom stereocenters. The second-order valence-electron chi connectivity index (χ2n) is 8.89. The minimum Gasteiger partial charge on any atom is -0.439 e. The summed E-state index contributed by atoms with van der Waals surface area (Å²) in [4.78, 5) is 17.0. The number of rotatable bonds is 7. The number of aromatic nitrogens is 3. The fourth-order valence-corrected chi connectivity index (χ4v) is 4.10. The third-order valence-corrected chi connectivity index (χ3v) is 6.56. The third kappa shape index (κ3) is 4.77. The van der Waals surface area contributed by atoms with E-state index in [2.05, 4.69) is 15.4 Å². The average Bonchev–Trinajstić information content (AvgIpc) is 3.60. The molecule has 1 atom stereocenters. The predicted octanol–water partition coefficient (Wildman–Crippen LogP) is 3.95. The summed E-state index contributed by atoms with van der Waals surface area (Å²) in [6.07, 6.45) is 5.90. The third-order valence-electron chi connectivity index (χ3n) is 6.19. The molecule has 1 aliphatic heterocycles. The maximum atomic E-state index is 14.7. The molecule has 3 heterocycles. The number of pyridine rings is 1. The molecule has 5 rings (SSSR count). The lowest BCUT2D eigenvalue weighted by molar-refractivity contribution is -0.0234. The van der Waals surface area contributed by atoms with Crippen LogP contribution in [0.15, 0.2) is 53.6 Å². The van der Waals surface area contributed by atoms with Crippen molar-refractivity contribution < 1.29 is 13.9 Å². The molecule has 1 saturated heterocycles. The second-order valence-corrected chi connectivity index (χ2v) is 9.26. The summed E-state index contributed by atoms with van der Waals surface area (Å²) in [5, 5.41) is 6.97. The summed E-state index contributed by atoms with van der Waals surface area (Å²) in [7, 11) is 0. The number of nitrogens with zero attached hydrogens (tertiary/aromatic N) is 3. The summed E-state index contributed by atoms with van der Waals surface area (Å²) in [5.41, 5.74) is 5.76. The maximum Gasteiger partial charge on any atom is 0.292 e. The highest BCUT2D eigenvalue weighted by Gasteiger charge is 2.39. The molecular weight excluding hydrogens is 461 g/mol. The number of hydrogen-bond acceptors (Lipinski definition) is 7. The smallest absolute Gasteiger partial charge is 0.292 e. The first kappa shape index (κ1) is 22.8. The molecule has 2 aromatic heterocycles. The van der Waals surface area contributed by atoms with E-state index in [1.54, 1.807) is 12.1 Å². The standard InChI is InChI=1S/C24H25ClFN5O3/c25-21-19(29-14-23(26)8-1-11-33-15-23)13-30-31(22(21)32)17-4-7-20(28-12-17)34-18-5-2-16(3-6-18)24(27)9-10-24/h2-7,12-13,29H,1,8-11,14-15,27H2.